The molecule has 0 bridgehead atoms. The van der Waals surface area contributed by atoms with E-state index in [0.29, 0.717) is 11.6 Å². The molecule has 0 aromatic heterocycles. The first-order valence-corrected chi connectivity index (χ1v) is 8.10. The number of nitrogens with one attached hydrogen (secondary N) is 1. The predicted molar refractivity (Wildman–Crippen MR) is 81.0 cm³/mol. The number of likely N-dealkylation sites (N-methyl/N-ethyl adjacent to an activating group) is 1. The van der Waals surface area contributed by atoms with Crippen molar-refractivity contribution in [1.82, 2.24) is 10.2 Å². The van der Waals surface area contributed by atoms with Gasteiger partial charge in [0.2, 0.25) is 0 Å². The minimum absolute atomic E-state index is 0.423. The molecule has 1 N–H and O–H groups in total. The Hall–Kier alpha value is -0.0800. The molecule has 18 heavy (non-hydrogen) atoms. The summed E-state index contributed by atoms with van der Waals surface area (Å²) >= 11 is 0. The summed E-state index contributed by atoms with van der Waals surface area (Å²) in [5.41, 5.74) is 0.423. The Balaban J connectivity index is 2.91. The van der Waals surface area contributed by atoms with Crippen molar-refractivity contribution in [2.45, 2.75) is 78.3 Å². The fraction of sp³-hybridized carbons (Fsp3) is 1.00. The van der Waals surface area contributed by atoms with E-state index in [1.54, 1.807) is 0 Å². The molecule has 0 aromatic carbocycles. The van der Waals surface area contributed by atoms with E-state index < -0.39 is 0 Å². The largest absolute Gasteiger partial charge is 0.312 e. The van der Waals surface area contributed by atoms with Gasteiger partial charge in [0.05, 0.1) is 0 Å². The first kappa shape index (κ1) is 16.0. The third-order valence-corrected chi connectivity index (χ3v) is 4.72. The lowest BCUT2D eigenvalue weighted by Crippen LogP contribution is -2.62. The van der Waals surface area contributed by atoms with Gasteiger partial charge in [-0.2, -0.15) is 0 Å². The maximum Gasteiger partial charge on any atom is 0.0364 e. The SMILES string of the molecule is CCCNC(C(C)C)C1(N(CC)CC)CCCC1. The first-order valence-electron chi connectivity index (χ1n) is 8.10. The minimum atomic E-state index is 0.423. The molecule has 0 amide bonds. The second-order valence-corrected chi connectivity index (χ2v) is 6.16. The standard InChI is InChI=1S/C16H34N2/c1-6-13-17-15(14(4)5)16(11-9-10-12-16)18(7-2)8-3/h14-15,17H,6-13H2,1-5H3. The Bertz CT molecular complexity index is 215. The van der Waals surface area contributed by atoms with Gasteiger partial charge in [0.25, 0.3) is 0 Å². The normalized spacial score (nSPS) is 20.8. The highest BCUT2D eigenvalue weighted by molar-refractivity contribution is 5.04. The summed E-state index contributed by atoms with van der Waals surface area (Å²) in [6.45, 7) is 15.2. The van der Waals surface area contributed by atoms with Gasteiger partial charge in [-0.05, 0) is 44.8 Å². The van der Waals surface area contributed by atoms with Crippen LogP contribution in [0.4, 0.5) is 0 Å². The van der Waals surface area contributed by atoms with Crippen LogP contribution >= 0.6 is 0 Å². The van der Waals surface area contributed by atoms with E-state index in [-0.39, 0.29) is 0 Å². The van der Waals surface area contributed by atoms with Crippen molar-refractivity contribution in [3.8, 4) is 0 Å². The van der Waals surface area contributed by atoms with Crippen LogP contribution in [0.15, 0.2) is 0 Å². The lowest BCUT2D eigenvalue weighted by Gasteiger charge is -2.48. The van der Waals surface area contributed by atoms with Crippen molar-refractivity contribution in [3.63, 3.8) is 0 Å². The van der Waals surface area contributed by atoms with Crippen molar-refractivity contribution < 1.29 is 0 Å². The van der Waals surface area contributed by atoms with Crippen LogP contribution in [0.1, 0.15) is 66.7 Å². The molecule has 1 saturated carbocycles. The lowest BCUT2D eigenvalue weighted by molar-refractivity contribution is 0.0452. The second kappa shape index (κ2) is 7.49. The van der Waals surface area contributed by atoms with Crippen LogP contribution in [-0.2, 0) is 0 Å². The summed E-state index contributed by atoms with van der Waals surface area (Å²) in [5, 5.41) is 3.86. The molecule has 0 radical (unpaired) electrons. The molecule has 0 aliphatic heterocycles. The molecule has 1 unspecified atom stereocenters. The smallest absolute Gasteiger partial charge is 0.0364 e. The molecule has 0 aromatic rings. The lowest BCUT2D eigenvalue weighted by atomic mass is 9.79. The van der Waals surface area contributed by atoms with Gasteiger partial charge in [0, 0.05) is 11.6 Å². The highest BCUT2D eigenvalue weighted by atomic mass is 15.2. The van der Waals surface area contributed by atoms with Crippen LogP contribution in [0.25, 0.3) is 0 Å². The molecular weight excluding hydrogens is 220 g/mol. The van der Waals surface area contributed by atoms with Crippen LogP contribution in [-0.4, -0.2) is 36.1 Å². The van der Waals surface area contributed by atoms with Gasteiger partial charge in [-0.25, -0.2) is 0 Å². The van der Waals surface area contributed by atoms with E-state index in [1.165, 1.54) is 45.2 Å². The molecule has 0 spiro atoms. The third-order valence-electron chi connectivity index (χ3n) is 4.72. The first-order chi connectivity index (χ1) is 8.62. The van der Waals surface area contributed by atoms with Crippen molar-refractivity contribution >= 4 is 0 Å². The second-order valence-electron chi connectivity index (χ2n) is 6.16. The fourth-order valence-electron chi connectivity index (χ4n) is 4.01. The molecule has 1 rings (SSSR count). The molecular formula is C16H34N2. The zero-order chi connectivity index (χ0) is 13.6. The highest BCUT2D eigenvalue weighted by Gasteiger charge is 2.45. The quantitative estimate of drug-likeness (QED) is 0.711. The van der Waals surface area contributed by atoms with E-state index >= 15 is 0 Å². The molecule has 0 saturated heterocycles. The Morgan fingerprint density at radius 3 is 2.00 bits per heavy atom. The van der Waals surface area contributed by atoms with E-state index in [9.17, 15) is 0 Å². The van der Waals surface area contributed by atoms with Gasteiger partial charge in [0.1, 0.15) is 0 Å². The van der Waals surface area contributed by atoms with Gasteiger partial charge in [-0.3, -0.25) is 4.90 Å². The summed E-state index contributed by atoms with van der Waals surface area (Å²) in [6.07, 6.45) is 6.82. The average molecular weight is 254 g/mol. The monoisotopic (exact) mass is 254 g/mol. The molecule has 0 heterocycles. The van der Waals surface area contributed by atoms with Gasteiger partial charge in [0.15, 0.2) is 0 Å². The molecule has 1 aliphatic carbocycles. The van der Waals surface area contributed by atoms with Gasteiger partial charge >= 0.3 is 0 Å². The van der Waals surface area contributed by atoms with Crippen LogP contribution in [0.5, 0.6) is 0 Å². The van der Waals surface area contributed by atoms with Crippen molar-refractivity contribution in [2.75, 3.05) is 19.6 Å². The predicted octanol–water partition coefficient (Wildman–Crippen LogP) is 3.67. The maximum atomic E-state index is 3.86. The summed E-state index contributed by atoms with van der Waals surface area (Å²) in [4.78, 5) is 2.73. The van der Waals surface area contributed by atoms with Gasteiger partial charge in [-0.1, -0.05) is 47.5 Å². The number of rotatable bonds is 8. The fourth-order valence-corrected chi connectivity index (χ4v) is 4.01. The zero-order valence-electron chi connectivity index (χ0n) is 13.3. The van der Waals surface area contributed by atoms with Crippen LogP contribution in [0, 0.1) is 5.92 Å². The summed E-state index contributed by atoms with van der Waals surface area (Å²) < 4.78 is 0. The summed E-state index contributed by atoms with van der Waals surface area (Å²) in [7, 11) is 0. The zero-order valence-corrected chi connectivity index (χ0v) is 13.3. The number of hydrogen-bond acceptors (Lipinski definition) is 2. The van der Waals surface area contributed by atoms with Gasteiger partial charge in [-0.15, -0.1) is 0 Å². The minimum Gasteiger partial charge on any atom is -0.312 e. The Morgan fingerprint density at radius 2 is 1.61 bits per heavy atom. The Labute approximate surface area is 115 Å². The van der Waals surface area contributed by atoms with E-state index in [4.69, 9.17) is 0 Å². The Kier molecular flexibility index (Phi) is 6.65. The van der Waals surface area contributed by atoms with Crippen LogP contribution < -0.4 is 5.32 Å². The topological polar surface area (TPSA) is 15.3 Å². The van der Waals surface area contributed by atoms with E-state index in [0.717, 1.165) is 12.5 Å². The van der Waals surface area contributed by atoms with Crippen LogP contribution in [0.3, 0.4) is 0 Å². The molecule has 108 valence electrons. The van der Waals surface area contributed by atoms with Crippen molar-refractivity contribution in [2.24, 2.45) is 5.92 Å². The highest BCUT2D eigenvalue weighted by Crippen LogP contribution is 2.40. The molecule has 1 atom stereocenters. The maximum absolute atomic E-state index is 3.86. The third kappa shape index (κ3) is 3.27. The molecule has 1 fully saturated rings. The molecule has 2 heteroatoms. The van der Waals surface area contributed by atoms with E-state index in [2.05, 4.69) is 44.8 Å². The average Bonchev–Trinajstić information content (AvgIpc) is 2.81. The molecule has 2 nitrogen and oxygen atoms in total. The number of nitrogens with zero attached hydrogens (tertiary/aromatic N) is 1. The molecule has 1 aliphatic rings. The van der Waals surface area contributed by atoms with Crippen LogP contribution in [0.2, 0.25) is 0 Å². The Morgan fingerprint density at radius 1 is 1.06 bits per heavy atom. The number of hydrogen-bond donors (Lipinski definition) is 1. The van der Waals surface area contributed by atoms with Crippen molar-refractivity contribution in [1.29, 1.82) is 0 Å². The van der Waals surface area contributed by atoms with E-state index in [1.807, 2.05) is 0 Å². The van der Waals surface area contributed by atoms with Gasteiger partial charge < -0.3 is 5.32 Å². The summed E-state index contributed by atoms with van der Waals surface area (Å²) in [6, 6.07) is 0.653. The van der Waals surface area contributed by atoms with Crippen molar-refractivity contribution in [3.05, 3.63) is 0 Å². The summed E-state index contributed by atoms with van der Waals surface area (Å²) in [5.74, 6) is 0.718.